The van der Waals surface area contributed by atoms with Gasteiger partial charge in [0.05, 0.1) is 18.7 Å². The fourth-order valence-electron chi connectivity index (χ4n) is 5.28. The average Bonchev–Trinajstić information content (AvgIpc) is 2.90. The van der Waals surface area contributed by atoms with Crippen LogP contribution in [0.5, 0.6) is 5.75 Å². The SMILES string of the molecule is COc1ccc2nccc(C(O)CC[C@@H]3CCN(CCCSc4ccccc4)C[C@@H]3CC(=O)O)c2c1. The zero-order valence-electron chi connectivity index (χ0n) is 20.9. The van der Waals surface area contributed by atoms with Crippen molar-refractivity contribution in [2.45, 2.75) is 43.1 Å². The first-order chi connectivity index (χ1) is 17.5. The molecule has 1 fully saturated rings. The van der Waals surface area contributed by atoms with Crippen molar-refractivity contribution in [3.63, 3.8) is 0 Å². The number of carbonyl (C=O) groups is 1. The van der Waals surface area contributed by atoms with Gasteiger partial charge in [0, 0.05) is 29.4 Å². The van der Waals surface area contributed by atoms with Gasteiger partial charge >= 0.3 is 5.97 Å². The van der Waals surface area contributed by atoms with Crippen LogP contribution < -0.4 is 4.74 Å². The number of pyridine rings is 1. The Morgan fingerprint density at radius 3 is 2.81 bits per heavy atom. The minimum absolute atomic E-state index is 0.111. The topological polar surface area (TPSA) is 82.9 Å². The number of methoxy groups -OCH3 is 1. The lowest BCUT2D eigenvalue weighted by Gasteiger charge is -2.38. The first-order valence-corrected chi connectivity index (χ1v) is 13.7. The van der Waals surface area contributed by atoms with Crippen molar-refractivity contribution < 1.29 is 19.7 Å². The van der Waals surface area contributed by atoms with E-state index in [2.05, 4.69) is 34.1 Å². The Balaban J connectivity index is 1.31. The number of ether oxygens (including phenoxy) is 1. The summed E-state index contributed by atoms with van der Waals surface area (Å²) in [5, 5.41) is 21.5. The largest absolute Gasteiger partial charge is 0.497 e. The number of aromatic nitrogens is 1. The number of nitrogens with zero attached hydrogens (tertiary/aromatic N) is 2. The Bertz CT molecular complexity index is 1130. The highest BCUT2D eigenvalue weighted by molar-refractivity contribution is 7.99. The van der Waals surface area contributed by atoms with Crippen LogP contribution in [0.4, 0.5) is 0 Å². The fraction of sp³-hybridized carbons (Fsp3) is 0.448. The first kappa shape index (κ1) is 26.5. The molecular formula is C29H36N2O4S. The molecule has 1 unspecified atom stereocenters. The predicted octanol–water partition coefficient (Wildman–Crippen LogP) is 5.65. The third kappa shape index (κ3) is 7.21. The number of aliphatic carboxylic acids is 1. The number of aliphatic hydroxyl groups is 1. The van der Waals surface area contributed by atoms with Gasteiger partial charge in [0.25, 0.3) is 0 Å². The highest BCUT2D eigenvalue weighted by Crippen LogP contribution is 2.35. The van der Waals surface area contributed by atoms with Crippen molar-refractivity contribution >= 4 is 28.6 Å². The standard InChI is InChI=1S/C29H36N2O4S/c1-35-23-9-10-27-26(19-23)25(12-14-30-27)28(32)11-8-21-13-16-31(20-22(21)18-29(33)34)15-5-17-36-24-6-3-2-4-7-24/h2-4,6-7,9-10,12,14,19,21-22,28,32H,5,8,11,13,15-18,20H2,1H3,(H,33,34)/t21-,22+,28?/m1/s1. The number of benzene rings is 2. The van der Waals surface area contributed by atoms with E-state index in [4.69, 9.17) is 4.74 Å². The van der Waals surface area contributed by atoms with Crippen molar-refractivity contribution in [1.82, 2.24) is 9.88 Å². The maximum absolute atomic E-state index is 11.6. The van der Waals surface area contributed by atoms with Crippen molar-refractivity contribution in [2.24, 2.45) is 11.8 Å². The Morgan fingerprint density at radius 1 is 1.19 bits per heavy atom. The molecule has 0 amide bonds. The summed E-state index contributed by atoms with van der Waals surface area (Å²) in [6.45, 7) is 2.80. The summed E-state index contributed by atoms with van der Waals surface area (Å²) >= 11 is 1.87. The number of hydrogen-bond donors (Lipinski definition) is 2. The summed E-state index contributed by atoms with van der Waals surface area (Å²) in [6, 6.07) is 18.0. The van der Waals surface area contributed by atoms with E-state index in [1.165, 1.54) is 4.90 Å². The number of piperidine rings is 1. The highest BCUT2D eigenvalue weighted by atomic mass is 32.2. The van der Waals surface area contributed by atoms with Crippen LogP contribution in [0.2, 0.25) is 0 Å². The molecule has 0 radical (unpaired) electrons. The number of carboxylic acid groups (broad SMARTS) is 1. The van der Waals surface area contributed by atoms with E-state index in [0.717, 1.165) is 66.9 Å². The van der Waals surface area contributed by atoms with Gasteiger partial charge in [0.1, 0.15) is 5.75 Å². The second-order valence-electron chi connectivity index (χ2n) is 9.60. The normalized spacial score (nSPS) is 19.3. The fourth-order valence-corrected chi connectivity index (χ4v) is 6.14. The van der Waals surface area contributed by atoms with Gasteiger partial charge in [-0.3, -0.25) is 9.78 Å². The van der Waals surface area contributed by atoms with Gasteiger partial charge < -0.3 is 19.8 Å². The molecule has 3 aromatic rings. The monoisotopic (exact) mass is 508 g/mol. The van der Waals surface area contributed by atoms with E-state index >= 15 is 0 Å². The van der Waals surface area contributed by atoms with E-state index in [1.807, 2.05) is 42.1 Å². The number of likely N-dealkylation sites (tertiary alicyclic amines) is 1. The summed E-state index contributed by atoms with van der Waals surface area (Å²) in [6.07, 6.45) is 4.76. The van der Waals surface area contributed by atoms with E-state index < -0.39 is 12.1 Å². The molecule has 2 aromatic carbocycles. The lowest BCUT2D eigenvalue weighted by molar-refractivity contribution is -0.139. The number of thioether (sulfide) groups is 1. The summed E-state index contributed by atoms with van der Waals surface area (Å²) < 4.78 is 5.36. The lowest BCUT2D eigenvalue weighted by Crippen LogP contribution is -2.42. The van der Waals surface area contributed by atoms with Crippen LogP contribution in [0.3, 0.4) is 0 Å². The zero-order chi connectivity index (χ0) is 25.3. The smallest absolute Gasteiger partial charge is 0.303 e. The molecule has 2 N–H and O–H groups in total. The molecule has 3 atom stereocenters. The number of hydrogen-bond acceptors (Lipinski definition) is 6. The second-order valence-corrected chi connectivity index (χ2v) is 10.8. The van der Waals surface area contributed by atoms with Crippen molar-refractivity contribution in [2.75, 3.05) is 32.5 Å². The average molecular weight is 509 g/mol. The van der Waals surface area contributed by atoms with E-state index in [1.54, 1.807) is 13.3 Å². The Hall–Kier alpha value is -2.61. The van der Waals surface area contributed by atoms with Gasteiger partial charge in [-0.15, -0.1) is 11.8 Å². The Morgan fingerprint density at radius 2 is 2.03 bits per heavy atom. The number of rotatable bonds is 12. The molecule has 1 aliphatic heterocycles. The van der Waals surface area contributed by atoms with Crippen LogP contribution in [0, 0.1) is 11.8 Å². The maximum Gasteiger partial charge on any atom is 0.303 e. The minimum Gasteiger partial charge on any atom is -0.497 e. The molecular weight excluding hydrogens is 472 g/mol. The summed E-state index contributed by atoms with van der Waals surface area (Å²) in [5.74, 6) is 1.47. The number of fused-ring (bicyclic) bond motifs is 1. The highest BCUT2D eigenvalue weighted by Gasteiger charge is 2.31. The summed E-state index contributed by atoms with van der Waals surface area (Å²) in [7, 11) is 1.63. The van der Waals surface area contributed by atoms with Gasteiger partial charge in [0.15, 0.2) is 0 Å². The Labute approximate surface area is 217 Å². The lowest BCUT2D eigenvalue weighted by atomic mass is 9.79. The van der Waals surface area contributed by atoms with Gasteiger partial charge in [-0.05, 0) is 98.3 Å². The van der Waals surface area contributed by atoms with E-state index in [0.29, 0.717) is 12.3 Å². The molecule has 0 aliphatic carbocycles. The van der Waals surface area contributed by atoms with Crippen LogP contribution >= 0.6 is 11.8 Å². The van der Waals surface area contributed by atoms with E-state index in [9.17, 15) is 15.0 Å². The predicted molar refractivity (Wildman–Crippen MR) is 145 cm³/mol. The van der Waals surface area contributed by atoms with Gasteiger partial charge in [-0.2, -0.15) is 0 Å². The molecule has 36 heavy (non-hydrogen) atoms. The molecule has 0 spiro atoms. The third-order valence-corrected chi connectivity index (χ3v) is 8.29. The molecule has 6 nitrogen and oxygen atoms in total. The van der Waals surface area contributed by atoms with Gasteiger partial charge in [0.2, 0.25) is 0 Å². The minimum atomic E-state index is -0.737. The van der Waals surface area contributed by atoms with Crippen molar-refractivity contribution in [3.8, 4) is 5.75 Å². The first-order valence-electron chi connectivity index (χ1n) is 12.8. The van der Waals surface area contributed by atoms with Crippen LogP contribution in [0.25, 0.3) is 10.9 Å². The molecule has 1 saturated heterocycles. The van der Waals surface area contributed by atoms with Crippen LogP contribution in [-0.4, -0.2) is 58.6 Å². The van der Waals surface area contributed by atoms with Crippen molar-refractivity contribution in [1.29, 1.82) is 0 Å². The van der Waals surface area contributed by atoms with Crippen LogP contribution in [0.1, 0.15) is 43.8 Å². The molecule has 2 heterocycles. The van der Waals surface area contributed by atoms with E-state index in [-0.39, 0.29) is 12.3 Å². The molecule has 4 rings (SSSR count). The molecule has 1 aromatic heterocycles. The third-order valence-electron chi connectivity index (χ3n) is 7.20. The zero-order valence-corrected chi connectivity index (χ0v) is 21.7. The summed E-state index contributed by atoms with van der Waals surface area (Å²) in [4.78, 5) is 19.7. The number of carboxylic acids is 1. The molecule has 7 heteroatoms. The van der Waals surface area contributed by atoms with Gasteiger partial charge in [-0.1, -0.05) is 18.2 Å². The molecule has 1 aliphatic rings. The molecule has 192 valence electrons. The van der Waals surface area contributed by atoms with Crippen LogP contribution in [0.15, 0.2) is 65.7 Å². The van der Waals surface area contributed by atoms with Crippen molar-refractivity contribution in [3.05, 3.63) is 66.4 Å². The van der Waals surface area contributed by atoms with Gasteiger partial charge in [-0.25, -0.2) is 0 Å². The number of aliphatic hydroxyl groups excluding tert-OH is 1. The second kappa shape index (κ2) is 13.1. The quantitative estimate of drug-likeness (QED) is 0.242. The maximum atomic E-state index is 11.6. The Kier molecular flexibility index (Phi) is 9.61. The molecule has 0 saturated carbocycles. The summed E-state index contributed by atoms with van der Waals surface area (Å²) in [5.41, 5.74) is 1.68. The molecule has 0 bridgehead atoms. The van der Waals surface area contributed by atoms with Crippen LogP contribution in [-0.2, 0) is 4.79 Å².